The number of anilines is 1. The summed E-state index contributed by atoms with van der Waals surface area (Å²) >= 11 is 0. The average molecular weight is 140 g/mol. The van der Waals surface area contributed by atoms with Gasteiger partial charge in [0.05, 0.1) is 6.33 Å². The zero-order valence-corrected chi connectivity index (χ0v) is 5.20. The number of hydrogen-bond donors (Lipinski definition) is 4. The second kappa shape index (κ2) is 2.26. The molecule has 1 aromatic heterocycles. The van der Waals surface area contributed by atoms with Crippen LogP contribution >= 0.6 is 0 Å². The zero-order chi connectivity index (χ0) is 7.56. The molecule has 6 heteroatoms. The number of aromatic amines is 1. The molecule has 0 saturated carbocycles. The fourth-order valence-corrected chi connectivity index (χ4v) is 0.575. The molecule has 54 valence electrons. The van der Waals surface area contributed by atoms with Crippen LogP contribution in [0.4, 0.5) is 5.82 Å². The minimum absolute atomic E-state index is 0.148. The maximum absolute atomic E-state index is 5.36. The molecule has 0 unspecified atom stereocenters. The van der Waals surface area contributed by atoms with Crippen LogP contribution in [-0.4, -0.2) is 15.8 Å². The lowest BCUT2D eigenvalue weighted by atomic mass is 10.4. The smallest absolute Gasteiger partial charge is 0.170 e. The van der Waals surface area contributed by atoms with E-state index >= 15 is 0 Å². The normalized spacial score (nSPS) is 11.8. The van der Waals surface area contributed by atoms with Gasteiger partial charge >= 0.3 is 0 Å². The summed E-state index contributed by atoms with van der Waals surface area (Å²) in [6.45, 7) is 0. The van der Waals surface area contributed by atoms with Gasteiger partial charge < -0.3 is 22.3 Å². The van der Waals surface area contributed by atoms with Gasteiger partial charge in [-0.2, -0.15) is 5.10 Å². The fourth-order valence-electron chi connectivity index (χ4n) is 0.575. The number of imidazole rings is 1. The highest BCUT2D eigenvalue weighted by Gasteiger charge is 2.03. The van der Waals surface area contributed by atoms with E-state index in [1.165, 1.54) is 6.33 Å². The highest BCUT2D eigenvalue weighted by molar-refractivity contribution is 5.99. The molecule has 1 rings (SSSR count). The number of hydrogen-bond acceptors (Lipinski definition) is 4. The standard InChI is InChI=1S/C4H8N6/c5-3-2(4(6)10-7)8-1-9-3/h1H,5,7H2,(H2,6,10)(H,8,9). The van der Waals surface area contributed by atoms with Crippen LogP contribution in [-0.2, 0) is 0 Å². The topological polar surface area (TPSA) is 119 Å². The van der Waals surface area contributed by atoms with Crippen LogP contribution in [0.5, 0.6) is 0 Å². The molecule has 0 bridgehead atoms. The summed E-state index contributed by atoms with van der Waals surface area (Å²) in [6.07, 6.45) is 1.42. The van der Waals surface area contributed by atoms with Crippen LogP contribution in [0.15, 0.2) is 11.4 Å². The van der Waals surface area contributed by atoms with Crippen molar-refractivity contribution in [2.24, 2.45) is 16.7 Å². The predicted molar refractivity (Wildman–Crippen MR) is 37.9 cm³/mol. The van der Waals surface area contributed by atoms with E-state index in [2.05, 4.69) is 15.1 Å². The minimum atomic E-state index is 0.148. The number of nitrogens with two attached hydrogens (primary N) is 3. The molecule has 0 aliphatic carbocycles. The van der Waals surface area contributed by atoms with Gasteiger partial charge in [0, 0.05) is 0 Å². The third kappa shape index (κ3) is 0.859. The lowest BCUT2D eigenvalue weighted by molar-refractivity contribution is 1.21. The van der Waals surface area contributed by atoms with Gasteiger partial charge in [-0.1, -0.05) is 0 Å². The van der Waals surface area contributed by atoms with Crippen LogP contribution < -0.4 is 17.3 Å². The molecule has 0 spiro atoms. The van der Waals surface area contributed by atoms with Crippen LogP contribution in [0.3, 0.4) is 0 Å². The van der Waals surface area contributed by atoms with Crippen LogP contribution in [0.25, 0.3) is 0 Å². The third-order valence-electron chi connectivity index (χ3n) is 1.06. The van der Waals surface area contributed by atoms with Gasteiger partial charge in [-0.25, -0.2) is 4.98 Å². The van der Waals surface area contributed by atoms with Gasteiger partial charge in [0.15, 0.2) is 11.7 Å². The molecule has 0 saturated heterocycles. The highest BCUT2D eigenvalue weighted by Crippen LogP contribution is 2.01. The molecular weight excluding hydrogens is 132 g/mol. The molecule has 7 N–H and O–H groups in total. The fraction of sp³-hybridized carbons (Fsp3) is 0. The maximum Gasteiger partial charge on any atom is 0.170 e. The van der Waals surface area contributed by atoms with Gasteiger partial charge in [-0.3, -0.25) is 0 Å². The highest BCUT2D eigenvalue weighted by atomic mass is 15.2. The van der Waals surface area contributed by atoms with E-state index in [-0.39, 0.29) is 5.84 Å². The minimum Gasteiger partial charge on any atom is -0.382 e. The van der Waals surface area contributed by atoms with Gasteiger partial charge in [0.25, 0.3) is 0 Å². The SMILES string of the molecule is NN=C(N)c1[nH]cnc1N. The molecule has 1 aromatic rings. The van der Waals surface area contributed by atoms with E-state index in [1.54, 1.807) is 0 Å². The molecule has 0 aliphatic heterocycles. The zero-order valence-electron chi connectivity index (χ0n) is 5.20. The molecule has 0 radical (unpaired) electrons. The van der Waals surface area contributed by atoms with Crippen molar-refractivity contribution in [1.29, 1.82) is 0 Å². The summed E-state index contributed by atoms with van der Waals surface area (Å²) in [7, 11) is 0. The van der Waals surface area contributed by atoms with E-state index in [9.17, 15) is 0 Å². The van der Waals surface area contributed by atoms with Crippen molar-refractivity contribution < 1.29 is 0 Å². The van der Waals surface area contributed by atoms with E-state index < -0.39 is 0 Å². The number of rotatable bonds is 1. The van der Waals surface area contributed by atoms with Crippen LogP contribution in [0.1, 0.15) is 5.69 Å². The molecule has 10 heavy (non-hydrogen) atoms. The number of aromatic nitrogens is 2. The monoisotopic (exact) mass is 140 g/mol. The Bertz CT molecular complexity index is 248. The maximum atomic E-state index is 5.36. The average Bonchev–Trinajstić information content (AvgIpc) is 2.34. The summed E-state index contributed by atoms with van der Waals surface area (Å²) in [5.74, 6) is 5.34. The molecule has 6 nitrogen and oxygen atoms in total. The summed E-state index contributed by atoms with van der Waals surface area (Å²) in [5, 5.41) is 3.23. The Morgan fingerprint density at radius 2 is 2.40 bits per heavy atom. The molecular formula is C4H8N6. The van der Waals surface area contributed by atoms with Crippen molar-refractivity contribution in [3.8, 4) is 0 Å². The quantitative estimate of drug-likeness (QED) is 0.165. The Morgan fingerprint density at radius 3 is 2.80 bits per heavy atom. The molecule has 1 heterocycles. The van der Waals surface area contributed by atoms with Gasteiger partial charge in [-0.15, -0.1) is 0 Å². The van der Waals surface area contributed by atoms with Crippen LogP contribution in [0.2, 0.25) is 0 Å². The second-order valence-electron chi connectivity index (χ2n) is 1.68. The number of hydrazone groups is 1. The van der Waals surface area contributed by atoms with Crippen molar-refractivity contribution in [2.75, 3.05) is 5.73 Å². The first-order valence-electron chi connectivity index (χ1n) is 2.58. The van der Waals surface area contributed by atoms with Gasteiger partial charge in [0.1, 0.15) is 5.69 Å². The predicted octanol–water partition coefficient (Wildman–Crippen LogP) is -1.43. The Morgan fingerprint density at radius 1 is 1.70 bits per heavy atom. The molecule has 0 aliphatic rings. The molecule has 0 fully saturated rings. The first-order chi connectivity index (χ1) is 4.75. The van der Waals surface area contributed by atoms with E-state index in [0.717, 1.165) is 0 Å². The Labute approximate surface area is 57.1 Å². The Balaban J connectivity index is 3.05. The Kier molecular flexibility index (Phi) is 1.44. The first-order valence-corrected chi connectivity index (χ1v) is 2.58. The number of nitrogens with zero attached hydrogens (tertiary/aromatic N) is 2. The summed E-state index contributed by atoms with van der Waals surface area (Å²) < 4.78 is 0. The summed E-state index contributed by atoms with van der Waals surface area (Å²) in [5.41, 5.74) is 11.1. The van der Waals surface area contributed by atoms with E-state index in [0.29, 0.717) is 11.5 Å². The molecule has 0 aromatic carbocycles. The van der Waals surface area contributed by atoms with Gasteiger partial charge in [-0.05, 0) is 0 Å². The van der Waals surface area contributed by atoms with E-state index in [1.807, 2.05) is 0 Å². The summed E-state index contributed by atoms with van der Waals surface area (Å²) in [4.78, 5) is 6.38. The Hall–Kier alpha value is -1.72. The van der Waals surface area contributed by atoms with Crippen molar-refractivity contribution >= 4 is 11.7 Å². The third-order valence-corrected chi connectivity index (χ3v) is 1.06. The second-order valence-corrected chi connectivity index (χ2v) is 1.68. The largest absolute Gasteiger partial charge is 0.382 e. The van der Waals surface area contributed by atoms with Crippen LogP contribution in [0, 0.1) is 0 Å². The van der Waals surface area contributed by atoms with Crippen molar-refractivity contribution in [3.05, 3.63) is 12.0 Å². The summed E-state index contributed by atoms with van der Waals surface area (Å²) in [6, 6.07) is 0. The van der Waals surface area contributed by atoms with Gasteiger partial charge in [0.2, 0.25) is 0 Å². The van der Waals surface area contributed by atoms with E-state index in [4.69, 9.17) is 17.3 Å². The lowest BCUT2D eigenvalue weighted by Gasteiger charge is -1.93. The number of H-pyrrole nitrogens is 1. The van der Waals surface area contributed by atoms with Crippen molar-refractivity contribution in [2.45, 2.75) is 0 Å². The lowest BCUT2D eigenvalue weighted by Crippen LogP contribution is -2.17. The first kappa shape index (κ1) is 6.40. The number of nitrogens with one attached hydrogen (secondary N) is 1. The molecule has 0 atom stereocenters. The number of amidine groups is 1. The van der Waals surface area contributed by atoms with Crippen molar-refractivity contribution in [1.82, 2.24) is 9.97 Å². The molecule has 0 amide bonds. The number of nitrogen functional groups attached to an aromatic ring is 1. The van der Waals surface area contributed by atoms with Crippen molar-refractivity contribution in [3.63, 3.8) is 0 Å².